The Bertz CT molecular complexity index is 362. The summed E-state index contributed by atoms with van der Waals surface area (Å²) < 4.78 is 5.27. The average Bonchev–Trinajstić information content (AvgIpc) is 2.87. The molecule has 1 aromatic heterocycles. The average molecular weight is 270 g/mol. The molecular weight excluding hydrogens is 248 g/mol. The van der Waals surface area contributed by atoms with E-state index in [4.69, 9.17) is 9.84 Å². The number of aliphatic hydroxyl groups is 1. The Morgan fingerprint density at radius 2 is 2.28 bits per heavy atom. The molecular formula is C13H22N2O2S. The van der Waals surface area contributed by atoms with E-state index in [-0.39, 0.29) is 6.10 Å². The van der Waals surface area contributed by atoms with Crippen molar-refractivity contribution in [3.05, 3.63) is 16.1 Å². The van der Waals surface area contributed by atoms with Gasteiger partial charge in [-0.2, -0.15) is 0 Å². The van der Waals surface area contributed by atoms with Crippen molar-refractivity contribution in [3.63, 3.8) is 0 Å². The fourth-order valence-corrected chi connectivity index (χ4v) is 3.08. The van der Waals surface area contributed by atoms with Crippen molar-refractivity contribution in [1.29, 1.82) is 0 Å². The van der Waals surface area contributed by atoms with Gasteiger partial charge < -0.3 is 9.84 Å². The molecule has 0 aliphatic carbocycles. The van der Waals surface area contributed by atoms with E-state index in [0.717, 1.165) is 43.2 Å². The van der Waals surface area contributed by atoms with E-state index in [1.54, 1.807) is 18.4 Å². The number of ether oxygens (including phenoxy) is 1. The quantitative estimate of drug-likeness (QED) is 0.889. The van der Waals surface area contributed by atoms with Gasteiger partial charge >= 0.3 is 0 Å². The number of aromatic nitrogens is 1. The van der Waals surface area contributed by atoms with Crippen molar-refractivity contribution in [2.75, 3.05) is 26.8 Å². The molecule has 1 aliphatic heterocycles. The van der Waals surface area contributed by atoms with Crippen LogP contribution in [0.25, 0.3) is 0 Å². The normalized spacial score (nSPS) is 20.2. The summed E-state index contributed by atoms with van der Waals surface area (Å²) in [5.41, 5.74) is 1.14. The van der Waals surface area contributed by atoms with Gasteiger partial charge in [0, 0.05) is 25.6 Å². The van der Waals surface area contributed by atoms with E-state index >= 15 is 0 Å². The Balaban J connectivity index is 1.85. The maximum Gasteiger partial charge on any atom is 0.122 e. The zero-order valence-corrected chi connectivity index (χ0v) is 11.9. The van der Waals surface area contributed by atoms with Crippen LogP contribution in [0.5, 0.6) is 0 Å². The first-order chi connectivity index (χ1) is 8.72. The number of hydrogen-bond donors (Lipinski definition) is 1. The molecule has 1 atom stereocenters. The molecule has 1 aliphatic rings. The van der Waals surface area contributed by atoms with E-state index < -0.39 is 0 Å². The van der Waals surface area contributed by atoms with E-state index in [0.29, 0.717) is 12.5 Å². The minimum absolute atomic E-state index is 0.0869. The second kappa shape index (κ2) is 6.61. The minimum atomic E-state index is 0.0869. The number of nitrogens with zero attached hydrogens (tertiary/aromatic N) is 2. The lowest BCUT2D eigenvalue weighted by Crippen LogP contribution is -2.34. The van der Waals surface area contributed by atoms with Crippen LogP contribution >= 0.6 is 11.3 Å². The topological polar surface area (TPSA) is 45.6 Å². The highest BCUT2D eigenvalue weighted by Gasteiger charge is 2.19. The largest absolute Gasteiger partial charge is 0.396 e. The van der Waals surface area contributed by atoms with Crippen molar-refractivity contribution >= 4 is 11.3 Å². The molecule has 1 fully saturated rings. The van der Waals surface area contributed by atoms with E-state index in [2.05, 4.69) is 15.3 Å². The van der Waals surface area contributed by atoms with Gasteiger partial charge in [0.15, 0.2) is 0 Å². The van der Waals surface area contributed by atoms with Gasteiger partial charge in [-0.05, 0) is 38.8 Å². The second-order valence-electron chi connectivity index (χ2n) is 4.96. The SMILES string of the molecule is COC(C)c1nc(CN2CCC(CO)CC2)cs1. The molecule has 1 unspecified atom stereocenters. The van der Waals surface area contributed by atoms with Gasteiger partial charge in [0.2, 0.25) is 0 Å². The lowest BCUT2D eigenvalue weighted by molar-refractivity contribution is 0.117. The molecule has 0 spiro atoms. The van der Waals surface area contributed by atoms with Gasteiger partial charge in [-0.1, -0.05) is 0 Å². The van der Waals surface area contributed by atoms with Crippen LogP contribution in [0.1, 0.15) is 36.6 Å². The lowest BCUT2D eigenvalue weighted by Gasteiger charge is -2.30. The highest BCUT2D eigenvalue weighted by atomic mass is 32.1. The predicted octanol–water partition coefficient (Wildman–Crippen LogP) is 2.05. The first-order valence-electron chi connectivity index (χ1n) is 6.53. The molecule has 0 amide bonds. The van der Waals surface area contributed by atoms with Gasteiger partial charge in [0.05, 0.1) is 5.69 Å². The number of hydrogen-bond acceptors (Lipinski definition) is 5. The number of thiazole rings is 1. The zero-order valence-electron chi connectivity index (χ0n) is 11.1. The molecule has 18 heavy (non-hydrogen) atoms. The maximum atomic E-state index is 9.12. The molecule has 102 valence electrons. The summed E-state index contributed by atoms with van der Waals surface area (Å²) in [6.07, 6.45) is 2.29. The fraction of sp³-hybridized carbons (Fsp3) is 0.769. The van der Waals surface area contributed by atoms with Gasteiger partial charge in [0.1, 0.15) is 11.1 Å². The molecule has 0 saturated carbocycles. The summed E-state index contributed by atoms with van der Waals surface area (Å²) in [5.74, 6) is 0.501. The van der Waals surface area contributed by atoms with Crippen molar-refractivity contribution in [2.24, 2.45) is 5.92 Å². The van der Waals surface area contributed by atoms with Crippen molar-refractivity contribution in [1.82, 2.24) is 9.88 Å². The standard InChI is InChI=1S/C13H22N2O2S/c1-10(17-2)13-14-12(9-18-13)7-15-5-3-11(8-16)4-6-15/h9-11,16H,3-8H2,1-2H3. The molecule has 0 aromatic carbocycles. The van der Waals surface area contributed by atoms with Crippen LogP contribution in [-0.2, 0) is 11.3 Å². The first-order valence-corrected chi connectivity index (χ1v) is 7.41. The molecule has 2 rings (SSSR count). The molecule has 1 saturated heterocycles. The monoisotopic (exact) mass is 270 g/mol. The summed E-state index contributed by atoms with van der Waals surface area (Å²) in [4.78, 5) is 7.04. The molecule has 4 nitrogen and oxygen atoms in total. The molecule has 2 heterocycles. The summed E-state index contributed by atoms with van der Waals surface area (Å²) in [5, 5.41) is 12.3. The number of piperidine rings is 1. The van der Waals surface area contributed by atoms with E-state index in [9.17, 15) is 0 Å². The Morgan fingerprint density at radius 1 is 1.56 bits per heavy atom. The van der Waals surface area contributed by atoms with Crippen molar-refractivity contribution < 1.29 is 9.84 Å². The van der Waals surface area contributed by atoms with Crippen molar-refractivity contribution in [3.8, 4) is 0 Å². The molecule has 1 aromatic rings. The van der Waals surface area contributed by atoms with Crippen LogP contribution in [0.2, 0.25) is 0 Å². The maximum absolute atomic E-state index is 9.12. The molecule has 5 heteroatoms. The smallest absolute Gasteiger partial charge is 0.122 e. The van der Waals surface area contributed by atoms with Crippen LogP contribution in [0.3, 0.4) is 0 Å². The van der Waals surface area contributed by atoms with Crippen LogP contribution < -0.4 is 0 Å². The summed E-state index contributed by atoms with van der Waals surface area (Å²) in [6.45, 7) is 5.41. The fourth-order valence-electron chi connectivity index (χ4n) is 2.24. The number of aliphatic hydroxyl groups excluding tert-OH is 1. The number of methoxy groups -OCH3 is 1. The van der Waals surface area contributed by atoms with Crippen molar-refractivity contribution in [2.45, 2.75) is 32.4 Å². The van der Waals surface area contributed by atoms with Gasteiger partial charge in [0.25, 0.3) is 0 Å². The summed E-state index contributed by atoms with van der Waals surface area (Å²) in [7, 11) is 1.71. The third-order valence-corrected chi connectivity index (χ3v) is 4.68. The van der Waals surface area contributed by atoms with Crippen LogP contribution in [0.4, 0.5) is 0 Å². The third kappa shape index (κ3) is 3.51. The minimum Gasteiger partial charge on any atom is -0.396 e. The van der Waals surface area contributed by atoms with Crippen LogP contribution in [-0.4, -0.2) is 41.8 Å². The number of rotatable bonds is 5. The van der Waals surface area contributed by atoms with Crippen LogP contribution in [0, 0.1) is 5.92 Å². The molecule has 0 radical (unpaired) electrons. The Hall–Kier alpha value is -0.490. The van der Waals surface area contributed by atoms with Gasteiger partial charge in [-0.3, -0.25) is 4.90 Å². The van der Waals surface area contributed by atoms with E-state index in [1.165, 1.54) is 0 Å². The molecule has 1 N–H and O–H groups in total. The van der Waals surface area contributed by atoms with E-state index in [1.807, 2.05) is 6.92 Å². The Labute approximate surface area is 113 Å². The summed E-state index contributed by atoms with van der Waals surface area (Å²) >= 11 is 1.67. The summed E-state index contributed by atoms with van der Waals surface area (Å²) in [6, 6.07) is 0. The van der Waals surface area contributed by atoms with Crippen LogP contribution in [0.15, 0.2) is 5.38 Å². The molecule has 0 bridgehead atoms. The zero-order chi connectivity index (χ0) is 13.0. The Morgan fingerprint density at radius 3 is 2.89 bits per heavy atom. The van der Waals surface area contributed by atoms with Gasteiger partial charge in [-0.15, -0.1) is 11.3 Å². The van der Waals surface area contributed by atoms with Gasteiger partial charge in [-0.25, -0.2) is 4.98 Å². The Kier molecular flexibility index (Phi) is 5.12. The highest BCUT2D eigenvalue weighted by molar-refractivity contribution is 7.09. The first kappa shape index (κ1) is 13.9. The number of likely N-dealkylation sites (tertiary alicyclic amines) is 1. The predicted molar refractivity (Wildman–Crippen MR) is 72.6 cm³/mol. The third-order valence-electron chi connectivity index (χ3n) is 3.62. The second-order valence-corrected chi connectivity index (χ2v) is 5.85. The lowest BCUT2D eigenvalue weighted by atomic mass is 9.98. The highest BCUT2D eigenvalue weighted by Crippen LogP contribution is 2.23.